The molecule has 3 fully saturated rings. The Morgan fingerprint density at radius 1 is 0.880 bits per heavy atom. The average molecular weight is 357 g/mol. The van der Waals surface area contributed by atoms with Crippen LogP contribution in [0, 0.1) is 0 Å². The predicted octanol–water partition coefficient (Wildman–Crippen LogP) is 2.13. The minimum atomic E-state index is 0.689. The molecule has 2 aromatic heterocycles. The van der Waals surface area contributed by atoms with E-state index in [4.69, 9.17) is 4.98 Å². The number of hydrogen-bond donors (Lipinski definition) is 0. The minimum Gasteiger partial charge on any atom is -0.356 e. The van der Waals surface area contributed by atoms with Gasteiger partial charge in [0.1, 0.15) is 10.8 Å². The van der Waals surface area contributed by atoms with Gasteiger partial charge in [0.25, 0.3) is 0 Å². The van der Waals surface area contributed by atoms with Crippen molar-refractivity contribution in [2.45, 2.75) is 31.6 Å². The molecule has 8 heteroatoms. The second kappa shape index (κ2) is 6.40. The molecule has 0 bridgehead atoms. The van der Waals surface area contributed by atoms with E-state index in [9.17, 15) is 0 Å². The van der Waals surface area contributed by atoms with E-state index in [1.165, 1.54) is 30.7 Å². The van der Waals surface area contributed by atoms with Crippen LogP contribution in [0.2, 0.25) is 0 Å². The van der Waals surface area contributed by atoms with Gasteiger partial charge >= 0.3 is 0 Å². The van der Waals surface area contributed by atoms with Crippen LogP contribution in [0.4, 0.5) is 16.9 Å². The van der Waals surface area contributed by atoms with E-state index in [0.29, 0.717) is 5.92 Å². The Morgan fingerprint density at radius 3 is 2.40 bits per heavy atom. The van der Waals surface area contributed by atoms with Crippen molar-refractivity contribution >= 4 is 28.2 Å². The first-order chi connectivity index (χ1) is 12.4. The molecule has 0 atom stereocenters. The zero-order valence-electron chi connectivity index (χ0n) is 14.3. The zero-order valence-corrected chi connectivity index (χ0v) is 15.2. The highest BCUT2D eigenvalue weighted by atomic mass is 32.1. The SMILES string of the molecule is c1cc(N2CCCC2)nc(N2CCN(c3nnc(C4CC4)s3)CC2)n1. The van der Waals surface area contributed by atoms with Crippen LogP contribution in [0.5, 0.6) is 0 Å². The van der Waals surface area contributed by atoms with Gasteiger partial charge in [0.2, 0.25) is 11.1 Å². The van der Waals surface area contributed by atoms with Gasteiger partial charge in [-0.15, -0.1) is 10.2 Å². The smallest absolute Gasteiger partial charge is 0.227 e. The summed E-state index contributed by atoms with van der Waals surface area (Å²) in [6.07, 6.45) is 7.00. The molecular weight excluding hydrogens is 334 g/mol. The fourth-order valence-electron chi connectivity index (χ4n) is 3.56. The molecule has 2 aromatic rings. The molecule has 0 spiro atoms. The Morgan fingerprint density at radius 2 is 1.64 bits per heavy atom. The third-order valence-corrected chi connectivity index (χ3v) is 6.39. The third-order valence-electron chi connectivity index (χ3n) is 5.25. The number of anilines is 3. The van der Waals surface area contributed by atoms with Crippen LogP contribution in [-0.2, 0) is 0 Å². The van der Waals surface area contributed by atoms with Crippen LogP contribution >= 0.6 is 11.3 Å². The Balaban J connectivity index is 1.24. The molecule has 0 unspecified atom stereocenters. The predicted molar refractivity (Wildman–Crippen MR) is 99.8 cm³/mol. The van der Waals surface area contributed by atoms with Crippen LogP contribution in [0.3, 0.4) is 0 Å². The summed E-state index contributed by atoms with van der Waals surface area (Å²) in [5.41, 5.74) is 0. The Bertz CT molecular complexity index is 730. The molecule has 4 heterocycles. The molecule has 0 radical (unpaired) electrons. The number of aromatic nitrogens is 4. The van der Waals surface area contributed by atoms with E-state index in [-0.39, 0.29) is 0 Å². The molecule has 3 aliphatic rings. The van der Waals surface area contributed by atoms with Crippen molar-refractivity contribution in [3.8, 4) is 0 Å². The molecular formula is C17H23N7S. The van der Waals surface area contributed by atoms with Crippen LogP contribution in [-0.4, -0.2) is 59.4 Å². The second-order valence-electron chi connectivity index (χ2n) is 7.08. The highest BCUT2D eigenvalue weighted by Gasteiger charge is 2.29. The number of piperazine rings is 1. The summed E-state index contributed by atoms with van der Waals surface area (Å²) >= 11 is 1.77. The molecule has 25 heavy (non-hydrogen) atoms. The summed E-state index contributed by atoms with van der Waals surface area (Å²) in [6, 6.07) is 2.03. The molecule has 1 aliphatic carbocycles. The normalized spacial score (nSPS) is 21.2. The lowest BCUT2D eigenvalue weighted by atomic mass is 10.3. The molecule has 0 aromatic carbocycles. The maximum Gasteiger partial charge on any atom is 0.227 e. The average Bonchev–Trinajstić information content (AvgIpc) is 3.17. The van der Waals surface area contributed by atoms with Gasteiger partial charge in [-0.25, -0.2) is 4.98 Å². The first kappa shape index (κ1) is 15.3. The molecule has 1 saturated carbocycles. The van der Waals surface area contributed by atoms with Crippen LogP contribution in [0.1, 0.15) is 36.6 Å². The summed E-state index contributed by atoms with van der Waals surface area (Å²) < 4.78 is 0. The van der Waals surface area contributed by atoms with Crippen LogP contribution < -0.4 is 14.7 Å². The lowest BCUT2D eigenvalue weighted by Crippen LogP contribution is -2.47. The van der Waals surface area contributed by atoms with Crippen molar-refractivity contribution in [3.63, 3.8) is 0 Å². The number of nitrogens with zero attached hydrogens (tertiary/aromatic N) is 7. The molecule has 5 rings (SSSR count). The molecule has 7 nitrogen and oxygen atoms in total. The Kier molecular flexibility index (Phi) is 3.92. The molecule has 2 aliphatic heterocycles. The highest BCUT2D eigenvalue weighted by molar-refractivity contribution is 7.15. The van der Waals surface area contributed by atoms with Crippen molar-refractivity contribution in [1.29, 1.82) is 0 Å². The van der Waals surface area contributed by atoms with Gasteiger partial charge in [-0.3, -0.25) is 0 Å². The van der Waals surface area contributed by atoms with Gasteiger partial charge < -0.3 is 14.7 Å². The standard InChI is InChI=1S/C17H23N7S/c1-2-8-22(7-1)14-5-6-18-16(19-14)23-9-11-24(12-10-23)17-21-20-15(25-17)13-3-4-13/h5-6,13H,1-4,7-12H2. The van der Waals surface area contributed by atoms with Gasteiger partial charge in [-0.2, -0.15) is 4.98 Å². The van der Waals surface area contributed by atoms with Gasteiger partial charge in [-0.1, -0.05) is 11.3 Å². The minimum absolute atomic E-state index is 0.689. The molecule has 0 amide bonds. The van der Waals surface area contributed by atoms with Gasteiger partial charge in [0.05, 0.1) is 0 Å². The van der Waals surface area contributed by atoms with Crippen molar-refractivity contribution in [3.05, 3.63) is 17.3 Å². The van der Waals surface area contributed by atoms with Crippen molar-refractivity contribution < 1.29 is 0 Å². The summed E-state index contributed by atoms with van der Waals surface area (Å²) in [6.45, 7) is 6.01. The van der Waals surface area contributed by atoms with E-state index in [2.05, 4.69) is 29.9 Å². The topological polar surface area (TPSA) is 61.3 Å². The van der Waals surface area contributed by atoms with Gasteiger partial charge in [-0.05, 0) is 31.7 Å². The van der Waals surface area contributed by atoms with E-state index in [1.807, 2.05) is 12.3 Å². The third kappa shape index (κ3) is 3.15. The van der Waals surface area contributed by atoms with Crippen molar-refractivity contribution in [2.24, 2.45) is 0 Å². The van der Waals surface area contributed by atoms with E-state index < -0.39 is 0 Å². The quantitative estimate of drug-likeness (QED) is 0.831. The Hall–Kier alpha value is -1.96. The Labute approximate surface area is 151 Å². The van der Waals surface area contributed by atoms with E-state index in [0.717, 1.165) is 56.2 Å². The van der Waals surface area contributed by atoms with E-state index >= 15 is 0 Å². The lowest BCUT2D eigenvalue weighted by Gasteiger charge is -2.34. The maximum atomic E-state index is 4.81. The van der Waals surface area contributed by atoms with Gasteiger partial charge in [0, 0.05) is 51.4 Å². The zero-order chi connectivity index (χ0) is 16.6. The second-order valence-corrected chi connectivity index (χ2v) is 8.07. The van der Waals surface area contributed by atoms with Crippen molar-refractivity contribution in [1.82, 2.24) is 20.2 Å². The monoisotopic (exact) mass is 357 g/mol. The fraction of sp³-hybridized carbons (Fsp3) is 0.647. The highest BCUT2D eigenvalue weighted by Crippen LogP contribution is 2.42. The van der Waals surface area contributed by atoms with Crippen LogP contribution in [0.15, 0.2) is 12.3 Å². The summed E-state index contributed by atoms with van der Waals surface area (Å²) in [5, 5.41) is 11.1. The summed E-state index contributed by atoms with van der Waals surface area (Å²) in [7, 11) is 0. The summed E-state index contributed by atoms with van der Waals surface area (Å²) in [4.78, 5) is 16.3. The molecule has 132 valence electrons. The largest absolute Gasteiger partial charge is 0.356 e. The maximum absolute atomic E-state index is 4.81. The first-order valence-corrected chi connectivity index (χ1v) is 10.1. The fourth-order valence-corrected chi connectivity index (χ4v) is 4.63. The van der Waals surface area contributed by atoms with Crippen LogP contribution in [0.25, 0.3) is 0 Å². The number of hydrogen-bond acceptors (Lipinski definition) is 8. The van der Waals surface area contributed by atoms with Crippen molar-refractivity contribution in [2.75, 3.05) is 54.0 Å². The van der Waals surface area contributed by atoms with E-state index in [1.54, 1.807) is 11.3 Å². The summed E-state index contributed by atoms with van der Waals surface area (Å²) in [5.74, 6) is 2.62. The van der Waals surface area contributed by atoms with Gasteiger partial charge in [0.15, 0.2) is 0 Å². The molecule has 0 N–H and O–H groups in total. The lowest BCUT2D eigenvalue weighted by molar-refractivity contribution is 0.636. The molecule has 2 saturated heterocycles. The number of rotatable bonds is 4. The first-order valence-electron chi connectivity index (χ1n) is 9.28.